The van der Waals surface area contributed by atoms with Crippen LogP contribution in [0.4, 0.5) is 0 Å². The zero-order chi connectivity index (χ0) is 11.3. The van der Waals surface area contributed by atoms with E-state index in [1.54, 1.807) is 0 Å². The molecule has 1 aliphatic rings. The van der Waals surface area contributed by atoms with E-state index in [0.29, 0.717) is 18.4 Å². The van der Waals surface area contributed by atoms with Crippen LogP contribution in [-0.2, 0) is 9.53 Å². The fourth-order valence-corrected chi connectivity index (χ4v) is 2.13. The second-order valence-electron chi connectivity index (χ2n) is 4.56. The van der Waals surface area contributed by atoms with Crippen molar-refractivity contribution >= 4 is 5.97 Å². The second-order valence-corrected chi connectivity index (χ2v) is 4.56. The highest BCUT2D eigenvalue weighted by molar-refractivity contribution is 5.75. The molecule has 0 unspecified atom stereocenters. The number of unbranched alkanes of at least 4 members (excludes halogenated alkanes) is 2. The number of hydrogen-bond donors (Lipinski definition) is 0. The fourth-order valence-electron chi connectivity index (χ4n) is 2.13. The summed E-state index contributed by atoms with van der Waals surface area (Å²) in [5.41, 5.74) is 0. The summed E-state index contributed by atoms with van der Waals surface area (Å²) >= 11 is 0. The van der Waals surface area contributed by atoms with Gasteiger partial charge in [-0.25, -0.2) is 0 Å². The minimum Gasteiger partial charge on any atom is -0.465 e. The van der Waals surface area contributed by atoms with Crippen LogP contribution in [-0.4, -0.2) is 12.6 Å². The third kappa shape index (κ3) is 3.37. The first-order valence-electron chi connectivity index (χ1n) is 6.00. The molecule has 15 heavy (non-hydrogen) atoms. The number of esters is 1. The summed E-state index contributed by atoms with van der Waals surface area (Å²) in [5, 5.41) is 0. The van der Waals surface area contributed by atoms with Crippen molar-refractivity contribution in [1.82, 2.24) is 0 Å². The van der Waals surface area contributed by atoms with Gasteiger partial charge in [-0.05, 0) is 12.3 Å². The maximum Gasteiger partial charge on any atom is 0.309 e. The summed E-state index contributed by atoms with van der Waals surface area (Å²) in [6, 6.07) is 0. The summed E-state index contributed by atoms with van der Waals surface area (Å²) in [4.78, 5) is 11.5. The van der Waals surface area contributed by atoms with Gasteiger partial charge in [-0.2, -0.15) is 0 Å². The second kappa shape index (κ2) is 5.94. The van der Waals surface area contributed by atoms with Crippen LogP contribution >= 0.6 is 0 Å². The molecule has 0 aliphatic carbocycles. The van der Waals surface area contributed by atoms with Crippen LogP contribution in [0.5, 0.6) is 0 Å². The van der Waals surface area contributed by atoms with E-state index in [2.05, 4.69) is 32.9 Å². The molecular formula is C13H22O2. The van der Waals surface area contributed by atoms with Gasteiger partial charge in [0.2, 0.25) is 0 Å². The molecule has 1 heterocycles. The third-order valence-electron chi connectivity index (χ3n) is 3.10. The lowest BCUT2D eigenvalue weighted by Gasteiger charge is -2.15. The first kappa shape index (κ1) is 12.3. The molecule has 86 valence electrons. The molecule has 0 radical (unpaired) electrons. The number of carbonyl (C=O) groups excluding carboxylic acids is 1. The van der Waals surface area contributed by atoms with Crippen molar-refractivity contribution in [3.05, 3.63) is 12.2 Å². The predicted octanol–water partition coefficient (Wildman–Crippen LogP) is 3.18. The van der Waals surface area contributed by atoms with Gasteiger partial charge < -0.3 is 4.74 Å². The normalized spacial score (nSPS) is 28.3. The Hall–Kier alpha value is -0.790. The number of ether oxygens (including phenoxy) is 1. The smallest absolute Gasteiger partial charge is 0.309 e. The van der Waals surface area contributed by atoms with Gasteiger partial charge >= 0.3 is 5.97 Å². The predicted molar refractivity (Wildman–Crippen MR) is 61.4 cm³/mol. The molecule has 0 aromatic heterocycles. The molecule has 1 saturated heterocycles. The Bertz CT molecular complexity index is 233. The van der Waals surface area contributed by atoms with Crippen molar-refractivity contribution in [1.29, 1.82) is 0 Å². The number of carbonyl (C=O) groups is 1. The molecule has 2 heteroatoms. The van der Waals surface area contributed by atoms with Crippen molar-refractivity contribution in [2.45, 2.75) is 40.0 Å². The molecule has 1 fully saturated rings. The van der Waals surface area contributed by atoms with Gasteiger partial charge in [0.1, 0.15) is 0 Å². The first-order valence-corrected chi connectivity index (χ1v) is 6.00. The van der Waals surface area contributed by atoms with Crippen molar-refractivity contribution in [2.75, 3.05) is 6.61 Å². The van der Waals surface area contributed by atoms with Crippen LogP contribution in [0, 0.1) is 17.8 Å². The van der Waals surface area contributed by atoms with Crippen LogP contribution < -0.4 is 0 Å². The molecule has 0 N–H and O–H groups in total. The van der Waals surface area contributed by atoms with Gasteiger partial charge in [-0.3, -0.25) is 4.79 Å². The van der Waals surface area contributed by atoms with Crippen molar-refractivity contribution < 1.29 is 9.53 Å². The van der Waals surface area contributed by atoms with Crippen molar-refractivity contribution in [3.8, 4) is 0 Å². The monoisotopic (exact) mass is 210 g/mol. The summed E-state index contributed by atoms with van der Waals surface area (Å²) in [5.74, 6) is 0.730. The zero-order valence-electron chi connectivity index (χ0n) is 10.0. The summed E-state index contributed by atoms with van der Waals surface area (Å²) in [7, 11) is 0. The molecule has 0 aromatic rings. The summed E-state index contributed by atoms with van der Waals surface area (Å²) in [6.45, 7) is 6.98. The number of allylic oxidation sites excluding steroid dienone is 2. The summed E-state index contributed by atoms with van der Waals surface area (Å²) < 4.78 is 5.05. The van der Waals surface area contributed by atoms with E-state index in [-0.39, 0.29) is 11.9 Å². The number of hydrogen-bond acceptors (Lipinski definition) is 2. The summed E-state index contributed by atoms with van der Waals surface area (Å²) in [6.07, 6.45) is 7.95. The van der Waals surface area contributed by atoms with E-state index in [4.69, 9.17) is 4.74 Å². The quantitative estimate of drug-likeness (QED) is 0.396. The van der Waals surface area contributed by atoms with Gasteiger partial charge in [0, 0.05) is 5.92 Å². The van der Waals surface area contributed by atoms with E-state index in [1.165, 1.54) is 12.8 Å². The Morgan fingerprint density at radius 1 is 1.60 bits per heavy atom. The van der Waals surface area contributed by atoms with Gasteiger partial charge in [-0.15, -0.1) is 0 Å². The minimum atomic E-state index is -0.0184. The third-order valence-corrected chi connectivity index (χ3v) is 3.10. The van der Waals surface area contributed by atoms with E-state index < -0.39 is 0 Å². The zero-order valence-corrected chi connectivity index (χ0v) is 10.0. The average Bonchev–Trinajstić information content (AvgIpc) is 2.53. The highest BCUT2D eigenvalue weighted by Crippen LogP contribution is 2.29. The minimum absolute atomic E-state index is 0.0184. The Labute approximate surface area is 92.7 Å². The maximum absolute atomic E-state index is 11.5. The Morgan fingerprint density at radius 3 is 2.87 bits per heavy atom. The van der Waals surface area contributed by atoms with E-state index in [9.17, 15) is 4.79 Å². The molecule has 0 bridgehead atoms. The molecule has 0 saturated carbocycles. The van der Waals surface area contributed by atoms with E-state index in [0.717, 1.165) is 6.42 Å². The van der Waals surface area contributed by atoms with Gasteiger partial charge in [0.15, 0.2) is 0 Å². The number of rotatable bonds is 5. The lowest BCUT2D eigenvalue weighted by Crippen LogP contribution is -2.20. The highest BCUT2D eigenvalue weighted by atomic mass is 16.5. The van der Waals surface area contributed by atoms with Crippen molar-refractivity contribution in [3.63, 3.8) is 0 Å². The lowest BCUT2D eigenvalue weighted by molar-refractivity contribution is -0.142. The highest BCUT2D eigenvalue weighted by Gasteiger charge is 2.36. The van der Waals surface area contributed by atoms with Gasteiger partial charge in [0.25, 0.3) is 0 Å². The van der Waals surface area contributed by atoms with Gasteiger partial charge in [0.05, 0.1) is 12.5 Å². The molecule has 0 aromatic carbocycles. The van der Waals surface area contributed by atoms with E-state index in [1.807, 2.05) is 0 Å². The fraction of sp³-hybridized carbons (Fsp3) is 0.769. The van der Waals surface area contributed by atoms with Crippen molar-refractivity contribution in [2.24, 2.45) is 17.8 Å². The molecule has 1 aliphatic heterocycles. The van der Waals surface area contributed by atoms with Crippen LogP contribution in [0.2, 0.25) is 0 Å². The molecular weight excluding hydrogens is 188 g/mol. The topological polar surface area (TPSA) is 26.3 Å². The average molecular weight is 210 g/mol. The molecule has 0 spiro atoms. The van der Waals surface area contributed by atoms with Crippen LogP contribution in [0.15, 0.2) is 12.2 Å². The largest absolute Gasteiger partial charge is 0.465 e. The molecule has 3 atom stereocenters. The molecule has 1 rings (SSSR count). The van der Waals surface area contributed by atoms with E-state index >= 15 is 0 Å². The molecule has 0 amide bonds. The first-order chi connectivity index (χ1) is 7.16. The number of cyclic esters (lactones) is 1. The van der Waals surface area contributed by atoms with Gasteiger partial charge in [-0.1, -0.05) is 45.8 Å². The molecule has 2 nitrogen and oxygen atoms in total. The Kier molecular flexibility index (Phi) is 4.86. The van der Waals surface area contributed by atoms with Crippen LogP contribution in [0.3, 0.4) is 0 Å². The SMILES string of the molecule is CCCC/C=C/[C@@H](C)[C@@H]1C(=O)OC[C@H]1C. The maximum atomic E-state index is 11.5. The van der Waals surface area contributed by atoms with Crippen LogP contribution in [0.1, 0.15) is 40.0 Å². The standard InChI is InChI=1S/C13H22O2/c1-4-5-6-7-8-10(2)12-11(3)9-15-13(12)14/h7-8,10-12H,4-6,9H2,1-3H3/b8-7+/t10-,11-,12+/m1/s1. The lowest BCUT2D eigenvalue weighted by atomic mass is 9.85. The Morgan fingerprint density at radius 2 is 2.33 bits per heavy atom. The van der Waals surface area contributed by atoms with Crippen LogP contribution in [0.25, 0.3) is 0 Å². The Balaban J connectivity index is 2.41.